The molecule has 0 saturated carbocycles. The molecule has 4 rings (SSSR count). The average molecular weight is 576 g/mol. The monoisotopic (exact) mass is 575 g/mol. The molecule has 0 aliphatic rings. The Balaban J connectivity index is 1.36. The standard InChI is InChI=1S/C31H27Cl2N3O4/c1-39-29-17-21(13-15-28(29)40-20-22-12-14-25(32)26(33)16-22)19-34-36-30(37)18-27(23-8-4-2-5-9-23)35-31(38)24-10-6-3-7-11-24/h2-17,19,27H,18,20H2,1H3,(H,35,38)(H,36,37)/b34-19-/t27-/m1/s1. The first-order valence-corrected chi connectivity index (χ1v) is 13.2. The van der Waals surface area contributed by atoms with E-state index in [1.807, 2.05) is 42.5 Å². The third-order valence-corrected chi connectivity index (χ3v) is 6.64. The highest BCUT2D eigenvalue weighted by atomic mass is 35.5. The maximum Gasteiger partial charge on any atom is 0.251 e. The molecule has 4 aromatic carbocycles. The molecule has 0 bridgehead atoms. The summed E-state index contributed by atoms with van der Waals surface area (Å²) in [6, 6.07) is 28.2. The highest BCUT2D eigenvalue weighted by Gasteiger charge is 2.19. The molecule has 4 aromatic rings. The van der Waals surface area contributed by atoms with Crippen LogP contribution in [0.4, 0.5) is 0 Å². The van der Waals surface area contributed by atoms with Crippen LogP contribution in [-0.4, -0.2) is 25.1 Å². The highest BCUT2D eigenvalue weighted by molar-refractivity contribution is 6.42. The van der Waals surface area contributed by atoms with Gasteiger partial charge in [-0.3, -0.25) is 9.59 Å². The Morgan fingerprint density at radius 1 is 0.875 bits per heavy atom. The van der Waals surface area contributed by atoms with Gasteiger partial charge in [-0.05, 0) is 59.2 Å². The van der Waals surface area contributed by atoms with Crippen LogP contribution < -0.4 is 20.2 Å². The van der Waals surface area contributed by atoms with Gasteiger partial charge < -0.3 is 14.8 Å². The van der Waals surface area contributed by atoms with E-state index >= 15 is 0 Å². The number of hydrazone groups is 1. The van der Waals surface area contributed by atoms with E-state index in [2.05, 4.69) is 15.8 Å². The zero-order valence-corrected chi connectivity index (χ0v) is 23.2. The van der Waals surface area contributed by atoms with E-state index < -0.39 is 6.04 Å². The van der Waals surface area contributed by atoms with Crippen LogP contribution in [0.1, 0.15) is 39.5 Å². The third kappa shape index (κ3) is 8.09. The van der Waals surface area contributed by atoms with Crippen LogP contribution >= 0.6 is 23.2 Å². The van der Waals surface area contributed by atoms with Crippen LogP contribution in [0.25, 0.3) is 0 Å². The van der Waals surface area contributed by atoms with E-state index in [0.29, 0.717) is 32.7 Å². The fourth-order valence-electron chi connectivity index (χ4n) is 3.85. The predicted octanol–water partition coefficient (Wildman–Crippen LogP) is 6.59. The van der Waals surface area contributed by atoms with Crippen molar-refractivity contribution in [3.8, 4) is 11.5 Å². The van der Waals surface area contributed by atoms with Crippen LogP contribution in [0, 0.1) is 0 Å². The minimum atomic E-state index is -0.531. The molecule has 0 radical (unpaired) electrons. The molecule has 0 spiro atoms. The number of nitrogens with zero attached hydrogens (tertiary/aromatic N) is 1. The molecule has 40 heavy (non-hydrogen) atoms. The number of halogens is 2. The Labute approximate surface area is 242 Å². The van der Waals surface area contributed by atoms with Crippen LogP contribution in [0.5, 0.6) is 11.5 Å². The second-order valence-electron chi connectivity index (χ2n) is 8.75. The van der Waals surface area contributed by atoms with Crippen LogP contribution in [0.3, 0.4) is 0 Å². The van der Waals surface area contributed by atoms with Gasteiger partial charge >= 0.3 is 0 Å². The molecule has 0 aliphatic heterocycles. The second kappa shape index (κ2) is 14.2. The summed E-state index contributed by atoms with van der Waals surface area (Å²) in [5.41, 5.74) is 5.41. The summed E-state index contributed by atoms with van der Waals surface area (Å²) in [7, 11) is 1.54. The van der Waals surface area contributed by atoms with Crippen molar-refractivity contribution >= 4 is 41.2 Å². The van der Waals surface area contributed by atoms with Gasteiger partial charge in [-0.2, -0.15) is 5.10 Å². The second-order valence-corrected chi connectivity index (χ2v) is 9.56. The van der Waals surface area contributed by atoms with Gasteiger partial charge in [0.25, 0.3) is 5.91 Å². The number of nitrogens with one attached hydrogen (secondary N) is 2. The molecule has 0 aliphatic carbocycles. The molecule has 9 heteroatoms. The molecule has 2 N–H and O–H groups in total. The number of benzene rings is 4. The number of carbonyl (C=O) groups excluding carboxylic acids is 2. The summed E-state index contributed by atoms with van der Waals surface area (Å²) in [5.74, 6) is 0.420. The Morgan fingerprint density at radius 3 is 2.30 bits per heavy atom. The molecule has 0 unspecified atom stereocenters. The van der Waals surface area contributed by atoms with Crippen molar-refractivity contribution in [1.82, 2.24) is 10.7 Å². The lowest BCUT2D eigenvalue weighted by Crippen LogP contribution is -2.32. The summed E-state index contributed by atoms with van der Waals surface area (Å²) in [5, 5.41) is 7.96. The molecule has 1 atom stereocenters. The van der Waals surface area contributed by atoms with Crippen molar-refractivity contribution in [3.63, 3.8) is 0 Å². The first-order valence-electron chi connectivity index (χ1n) is 12.4. The zero-order valence-electron chi connectivity index (χ0n) is 21.6. The molecular weight excluding hydrogens is 549 g/mol. The number of hydrogen-bond acceptors (Lipinski definition) is 5. The van der Waals surface area contributed by atoms with Crippen LogP contribution in [0.2, 0.25) is 10.0 Å². The van der Waals surface area contributed by atoms with E-state index in [1.54, 1.807) is 54.6 Å². The minimum absolute atomic E-state index is 0.00470. The van der Waals surface area contributed by atoms with Crippen molar-refractivity contribution in [2.24, 2.45) is 5.10 Å². The van der Waals surface area contributed by atoms with Gasteiger partial charge in [0.2, 0.25) is 5.91 Å². The lowest BCUT2D eigenvalue weighted by molar-refractivity contribution is -0.121. The number of methoxy groups -OCH3 is 1. The predicted molar refractivity (Wildman–Crippen MR) is 157 cm³/mol. The Kier molecular flexibility index (Phi) is 10.2. The largest absolute Gasteiger partial charge is 0.493 e. The van der Waals surface area contributed by atoms with Gasteiger partial charge in [-0.1, -0.05) is 77.8 Å². The zero-order chi connectivity index (χ0) is 28.3. The molecule has 204 valence electrons. The molecular formula is C31H27Cl2N3O4. The van der Waals surface area contributed by atoms with Crippen molar-refractivity contribution in [1.29, 1.82) is 0 Å². The maximum absolute atomic E-state index is 12.7. The molecule has 7 nitrogen and oxygen atoms in total. The van der Waals surface area contributed by atoms with Crippen molar-refractivity contribution in [2.75, 3.05) is 7.11 Å². The van der Waals surface area contributed by atoms with Crippen molar-refractivity contribution < 1.29 is 19.1 Å². The molecule has 0 heterocycles. The number of rotatable bonds is 11. The summed E-state index contributed by atoms with van der Waals surface area (Å²) in [6.45, 7) is 0.278. The van der Waals surface area contributed by atoms with E-state index in [4.69, 9.17) is 32.7 Å². The third-order valence-electron chi connectivity index (χ3n) is 5.90. The smallest absolute Gasteiger partial charge is 0.251 e. The summed E-state index contributed by atoms with van der Waals surface area (Å²) in [6.07, 6.45) is 1.51. The molecule has 2 amide bonds. The summed E-state index contributed by atoms with van der Waals surface area (Å²) in [4.78, 5) is 25.5. The van der Waals surface area contributed by atoms with Gasteiger partial charge in [0.1, 0.15) is 6.61 Å². The van der Waals surface area contributed by atoms with E-state index in [-0.39, 0.29) is 24.8 Å². The lowest BCUT2D eigenvalue weighted by atomic mass is 10.0. The first-order chi connectivity index (χ1) is 19.4. The quantitative estimate of drug-likeness (QED) is 0.156. The maximum atomic E-state index is 12.7. The number of ether oxygens (including phenoxy) is 2. The van der Waals surface area contributed by atoms with Gasteiger partial charge in [-0.25, -0.2) is 5.43 Å². The molecule has 0 saturated heterocycles. The fourth-order valence-corrected chi connectivity index (χ4v) is 4.17. The van der Waals surface area contributed by atoms with Crippen LogP contribution in [0.15, 0.2) is 102 Å². The Bertz CT molecular complexity index is 1480. The normalized spacial score (nSPS) is 11.6. The summed E-state index contributed by atoms with van der Waals surface area (Å²) < 4.78 is 11.3. The molecule has 0 aromatic heterocycles. The topological polar surface area (TPSA) is 89.0 Å². The average Bonchev–Trinajstić information content (AvgIpc) is 2.98. The van der Waals surface area contributed by atoms with E-state index in [1.165, 1.54) is 13.3 Å². The minimum Gasteiger partial charge on any atom is -0.493 e. The summed E-state index contributed by atoms with van der Waals surface area (Å²) >= 11 is 12.0. The number of hydrogen-bond donors (Lipinski definition) is 2. The highest BCUT2D eigenvalue weighted by Crippen LogP contribution is 2.29. The van der Waals surface area contributed by atoms with E-state index in [9.17, 15) is 9.59 Å². The van der Waals surface area contributed by atoms with Crippen LogP contribution in [-0.2, 0) is 11.4 Å². The Hall–Kier alpha value is -4.33. The van der Waals surface area contributed by atoms with Gasteiger partial charge in [0.15, 0.2) is 11.5 Å². The van der Waals surface area contributed by atoms with E-state index in [0.717, 1.165) is 11.1 Å². The van der Waals surface area contributed by atoms with Gasteiger partial charge in [0, 0.05) is 5.56 Å². The molecule has 0 fully saturated rings. The van der Waals surface area contributed by atoms with Gasteiger partial charge in [0.05, 0.1) is 35.8 Å². The van der Waals surface area contributed by atoms with Gasteiger partial charge in [-0.15, -0.1) is 0 Å². The lowest BCUT2D eigenvalue weighted by Gasteiger charge is -2.18. The van der Waals surface area contributed by atoms with Crippen molar-refractivity contribution in [3.05, 3.63) is 129 Å². The van der Waals surface area contributed by atoms with Crippen molar-refractivity contribution in [2.45, 2.75) is 19.1 Å². The SMILES string of the molecule is COc1cc(/C=N\NC(=O)C[C@@H](NC(=O)c2ccccc2)c2ccccc2)ccc1OCc1ccc(Cl)c(Cl)c1. The fraction of sp³-hybridized carbons (Fsp3) is 0.129. The number of amides is 2. The Morgan fingerprint density at radius 2 is 1.60 bits per heavy atom. The first kappa shape index (κ1) is 28.7. The number of carbonyl (C=O) groups is 2.